The summed E-state index contributed by atoms with van der Waals surface area (Å²) >= 11 is 0. The van der Waals surface area contributed by atoms with Crippen LogP contribution in [0.2, 0.25) is 0 Å². The first kappa shape index (κ1) is 11.3. The minimum atomic E-state index is 0. The van der Waals surface area contributed by atoms with Crippen molar-refractivity contribution in [3.8, 4) is 0 Å². The summed E-state index contributed by atoms with van der Waals surface area (Å²) in [6.07, 6.45) is 0. The third-order valence-electron chi connectivity index (χ3n) is 2.99. The summed E-state index contributed by atoms with van der Waals surface area (Å²) in [6, 6.07) is 0. The Kier molecular flexibility index (Phi) is 3.02. The quantitative estimate of drug-likeness (QED) is 0.700. The Hall–Kier alpha value is -0.800. The lowest BCUT2D eigenvalue weighted by Crippen LogP contribution is -2.24. The van der Waals surface area contributed by atoms with E-state index in [2.05, 4.69) is 5.32 Å². The second-order valence-electron chi connectivity index (χ2n) is 3.64. The lowest BCUT2D eigenvalue weighted by Gasteiger charge is -2.10. The van der Waals surface area contributed by atoms with Gasteiger partial charge in [0.1, 0.15) is 0 Å². The Bertz CT molecular complexity index is 423. The van der Waals surface area contributed by atoms with Gasteiger partial charge < -0.3 is 9.88 Å². The monoisotopic (exact) mass is 214 g/mol. The van der Waals surface area contributed by atoms with Crippen molar-refractivity contribution in [1.29, 1.82) is 0 Å². The van der Waals surface area contributed by atoms with Crippen molar-refractivity contribution in [2.24, 2.45) is 7.05 Å². The molecule has 0 atom stereocenters. The van der Waals surface area contributed by atoms with E-state index in [1.807, 2.05) is 20.9 Å². The van der Waals surface area contributed by atoms with Gasteiger partial charge in [0.25, 0.3) is 5.56 Å². The van der Waals surface area contributed by atoms with Crippen LogP contribution in [0.25, 0.3) is 0 Å². The molecule has 0 aromatic carbocycles. The summed E-state index contributed by atoms with van der Waals surface area (Å²) in [4.78, 5) is 11.7. The molecule has 0 aliphatic carbocycles. The van der Waals surface area contributed by atoms with Crippen LogP contribution in [0.4, 0.5) is 0 Å². The molecule has 0 unspecified atom stereocenters. The van der Waals surface area contributed by atoms with Crippen LogP contribution in [0.15, 0.2) is 4.79 Å². The van der Waals surface area contributed by atoms with Crippen molar-refractivity contribution in [3.05, 3.63) is 32.7 Å². The van der Waals surface area contributed by atoms with Crippen molar-refractivity contribution < 1.29 is 0 Å². The summed E-state index contributed by atoms with van der Waals surface area (Å²) in [5.74, 6) is 0. The standard InChI is InChI=1S/C10H14N2O.ClH/c1-6-7(2)10(13)12(3)9-5-11-4-8(6)9;/h11H,4-5H2,1-3H3;1H. The van der Waals surface area contributed by atoms with Crippen molar-refractivity contribution >= 4 is 12.4 Å². The largest absolute Gasteiger partial charge is 0.314 e. The molecule has 1 aliphatic rings. The van der Waals surface area contributed by atoms with Gasteiger partial charge in [-0.25, -0.2) is 0 Å². The summed E-state index contributed by atoms with van der Waals surface area (Å²) in [7, 11) is 1.85. The fraction of sp³-hybridized carbons (Fsp3) is 0.500. The number of hydrogen-bond acceptors (Lipinski definition) is 2. The van der Waals surface area contributed by atoms with E-state index in [0.29, 0.717) is 0 Å². The second kappa shape index (κ2) is 3.75. The minimum absolute atomic E-state index is 0. The maximum Gasteiger partial charge on any atom is 0.253 e. The van der Waals surface area contributed by atoms with E-state index < -0.39 is 0 Å². The van der Waals surface area contributed by atoms with Gasteiger partial charge in [-0.2, -0.15) is 0 Å². The fourth-order valence-corrected chi connectivity index (χ4v) is 1.95. The molecule has 0 saturated heterocycles. The van der Waals surface area contributed by atoms with Crippen molar-refractivity contribution in [2.45, 2.75) is 26.9 Å². The molecule has 1 N–H and O–H groups in total. The molecule has 0 spiro atoms. The molecule has 2 heterocycles. The lowest BCUT2D eigenvalue weighted by atomic mass is 10.0. The first-order valence-electron chi connectivity index (χ1n) is 4.51. The van der Waals surface area contributed by atoms with Gasteiger partial charge in [-0.1, -0.05) is 0 Å². The fourth-order valence-electron chi connectivity index (χ4n) is 1.95. The summed E-state index contributed by atoms with van der Waals surface area (Å²) < 4.78 is 1.76. The predicted molar refractivity (Wildman–Crippen MR) is 58.9 cm³/mol. The molecule has 0 amide bonds. The minimum Gasteiger partial charge on any atom is -0.314 e. The van der Waals surface area contributed by atoms with E-state index in [4.69, 9.17) is 0 Å². The van der Waals surface area contributed by atoms with Crippen LogP contribution < -0.4 is 10.9 Å². The Morgan fingerprint density at radius 3 is 2.50 bits per heavy atom. The van der Waals surface area contributed by atoms with Gasteiger partial charge >= 0.3 is 0 Å². The third kappa shape index (κ3) is 1.37. The average molecular weight is 215 g/mol. The number of rotatable bonds is 0. The summed E-state index contributed by atoms with van der Waals surface area (Å²) in [5.41, 5.74) is 4.63. The number of fused-ring (bicyclic) bond motifs is 1. The van der Waals surface area contributed by atoms with Gasteiger partial charge in [-0.15, -0.1) is 12.4 Å². The number of pyridine rings is 1. The van der Waals surface area contributed by atoms with Crippen LogP contribution >= 0.6 is 12.4 Å². The molecule has 2 rings (SSSR count). The van der Waals surface area contributed by atoms with Crippen LogP contribution in [0.1, 0.15) is 22.4 Å². The highest BCUT2D eigenvalue weighted by Crippen LogP contribution is 2.18. The normalized spacial score (nSPS) is 13.6. The molecular formula is C10H15ClN2O. The van der Waals surface area contributed by atoms with Crippen LogP contribution in [0.5, 0.6) is 0 Å². The third-order valence-corrected chi connectivity index (χ3v) is 2.99. The van der Waals surface area contributed by atoms with E-state index in [1.165, 1.54) is 5.56 Å². The number of halogens is 1. The first-order chi connectivity index (χ1) is 6.13. The van der Waals surface area contributed by atoms with E-state index in [9.17, 15) is 4.79 Å². The van der Waals surface area contributed by atoms with Gasteiger partial charge in [0, 0.05) is 31.4 Å². The number of nitrogens with zero attached hydrogens (tertiary/aromatic N) is 1. The zero-order valence-electron chi connectivity index (χ0n) is 8.68. The van der Waals surface area contributed by atoms with E-state index in [-0.39, 0.29) is 18.0 Å². The topological polar surface area (TPSA) is 34.0 Å². The van der Waals surface area contributed by atoms with Gasteiger partial charge in [-0.05, 0) is 25.0 Å². The smallest absolute Gasteiger partial charge is 0.253 e. The van der Waals surface area contributed by atoms with Crippen LogP contribution in [-0.4, -0.2) is 4.57 Å². The van der Waals surface area contributed by atoms with Gasteiger partial charge in [-0.3, -0.25) is 4.79 Å². The van der Waals surface area contributed by atoms with Gasteiger partial charge in [0.2, 0.25) is 0 Å². The second-order valence-corrected chi connectivity index (χ2v) is 3.64. The molecule has 78 valence electrons. The maximum absolute atomic E-state index is 11.7. The highest BCUT2D eigenvalue weighted by Gasteiger charge is 2.18. The zero-order chi connectivity index (χ0) is 9.59. The van der Waals surface area contributed by atoms with Gasteiger partial charge in [0.05, 0.1) is 0 Å². The number of nitrogens with one attached hydrogen (secondary N) is 1. The molecule has 3 nitrogen and oxygen atoms in total. The molecule has 1 aromatic rings. The predicted octanol–water partition coefficient (Wildman–Crippen LogP) is 1.03. The van der Waals surface area contributed by atoms with Crippen LogP contribution in [-0.2, 0) is 20.1 Å². The van der Waals surface area contributed by atoms with Gasteiger partial charge in [0.15, 0.2) is 0 Å². The van der Waals surface area contributed by atoms with Crippen LogP contribution in [0, 0.1) is 13.8 Å². The summed E-state index contributed by atoms with van der Waals surface area (Å²) in [6.45, 7) is 5.65. The Labute approximate surface area is 89.5 Å². The highest BCUT2D eigenvalue weighted by atomic mass is 35.5. The van der Waals surface area contributed by atoms with Crippen molar-refractivity contribution in [3.63, 3.8) is 0 Å². The number of aromatic nitrogens is 1. The molecule has 0 fully saturated rings. The molecule has 1 aromatic heterocycles. The zero-order valence-corrected chi connectivity index (χ0v) is 9.49. The Morgan fingerprint density at radius 2 is 1.86 bits per heavy atom. The van der Waals surface area contributed by atoms with Crippen molar-refractivity contribution in [1.82, 2.24) is 9.88 Å². The van der Waals surface area contributed by atoms with E-state index in [1.54, 1.807) is 4.57 Å². The average Bonchev–Trinajstić information content (AvgIpc) is 2.59. The molecule has 0 saturated carbocycles. The highest BCUT2D eigenvalue weighted by molar-refractivity contribution is 5.85. The Morgan fingerprint density at radius 1 is 1.21 bits per heavy atom. The van der Waals surface area contributed by atoms with Crippen molar-refractivity contribution in [2.75, 3.05) is 0 Å². The molecule has 1 aliphatic heterocycles. The first-order valence-corrected chi connectivity index (χ1v) is 4.51. The maximum atomic E-state index is 11.7. The lowest BCUT2D eigenvalue weighted by molar-refractivity contribution is 0.718. The molecule has 4 heteroatoms. The SMILES string of the molecule is Cc1c2c(n(C)c(=O)c1C)CNC2.Cl. The Balaban J connectivity index is 0.000000980. The molecular weight excluding hydrogens is 200 g/mol. The van der Waals surface area contributed by atoms with Crippen LogP contribution in [0.3, 0.4) is 0 Å². The number of hydrogen-bond donors (Lipinski definition) is 1. The van der Waals surface area contributed by atoms with E-state index >= 15 is 0 Å². The molecule has 0 bridgehead atoms. The summed E-state index contributed by atoms with van der Waals surface area (Å²) in [5, 5.41) is 3.26. The molecule has 0 radical (unpaired) electrons. The molecule has 14 heavy (non-hydrogen) atoms. The van der Waals surface area contributed by atoms with E-state index in [0.717, 1.165) is 29.9 Å².